The summed E-state index contributed by atoms with van der Waals surface area (Å²) in [6.07, 6.45) is 5.27. The van der Waals surface area contributed by atoms with Gasteiger partial charge in [-0.1, -0.05) is 6.07 Å². The summed E-state index contributed by atoms with van der Waals surface area (Å²) in [6.45, 7) is 1.98. The number of benzene rings is 1. The van der Waals surface area contributed by atoms with Gasteiger partial charge in [0.25, 0.3) is 0 Å². The normalized spacial score (nSPS) is 10.7. The molecule has 0 atom stereocenters. The Labute approximate surface area is 135 Å². The van der Waals surface area contributed by atoms with Crippen molar-refractivity contribution in [3.63, 3.8) is 0 Å². The summed E-state index contributed by atoms with van der Waals surface area (Å²) in [6, 6.07) is 7.79. The lowest BCUT2D eigenvalue weighted by molar-refractivity contribution is 0.397. The van der Waals surface area contributed by atoms with Gasteiger partial charge in [0, 0.05) is 36.0 Å². The molecule has 0 saturated heterocycles. The molecular weight excluding hydrogens is 290 g/mol. The van der Waals surface area contributed by atoms with E-state index in [9.17, 15) is 0 Å². The van der Waals surface area contributed by atoms with Crippen molar-refractivity contribution in [3.05, 3.63) is 53.7 Å². The van der Waals surface area contributed by atoms with E-state index in [1.807, 2.05) is 31.3 Å². The molecule has 0 bridgehead atoms. The molecule has 23 heavy (non-hydrogen) atoms. The summed E-state index contributed by atoms with van der Waals surface area (Å²) in [7, 11) is 3.28. The molecule has 2 aromatic heterocycles. The number of hydrogen-bond donors (Lipinski definition) is 0. The summed E-state index contributed by atoms with van der Waals surface area (Å²) >= 11 is 0. The first-order valence-electron chi connectivity index (χ1n) is 7.49. The number of pyridine rings is 1. The topological polar surface area (TPSA) is 57.1 Å². The van der Waals surface area contributed by atoms with Crippen molar-refractivity contribution >= 4 is 10.9 Å². The van der Waals surface area contributed by atoms with E-state index in [-0.39, 0.29) is 0 Å². The highest BCUT2D eigenvalue weighted by Crippen LogP contribution is 2.31. The molecule has 0 unspecified atom stereocenters. The number of ether oxygens (including phenoxy) is 2. The molecule has 0 aliphatic heterocycles. The maximum absolute atomic E-state index is 5.46. The van der Waals surface area contributed by atoms with Crippen LogP contribution in [-0.2, 0) is 12.8 Å². The average Bonchev–Trinajstić information content (AvgIpc) is 2.60. The lowest BCUT2D eigenvalue weighted by atomic mass is 10.1. The van der Waals surface area contributed by atoms with Gasteiger partial charge in [0.15, 0.2) is 0 Å². The Bertz CT molecular complexity index is 819. The Morgan fingerprint density at radius 1 is 1.04 bits per heavy atom. The highest BCUT2D eigenvalue weighted by Gasteiger charge is 2.12. The zero-order valence-corrected chi connectivity index (χ0v) is 13.5. The van der Waals surface area contributed by atoms with Crippen LogP contribution in [0, 0.1) is 6.92 Å². The van der Waals surface area contributed by atoms with Gasteiger partial charge < -0.3 is 9.47 Å². The summed E-state index contributed by atoms with van der Waals surface area (Å²) in [5.74, 6) is 2.25. The van der Waals surface area contributed by atoms with E-state index in [0.717, 1.165) is 41.0 Å². The molecular formula is C18H19N3O2. The summed E-state index contributed by atoms with van der Waals surface area (Å²) in [5.41, 5.74) is 2.92. The van der Waals surface area contributed by atoms with Gasteiger partial charge in [-0.2, -0.15) is 0 Å². The van der Waals surface area contributed by atoms with E-state index in [0.29, 0.717) is 5.75 Å². The SMILES string of the molecule is COc1cc(OC)c2nc(CCc3cccnc3)nc(C)c2c1. The van der Waals surface area contributed by atoms with Gasteiger partial charge >= 0.3 is 0 Å². The summed E-state index contributed by atoms with van der Waals surface area (Å²) in [5, 5.41) is 0.950. The first-order valence-corrected chi connectivity index (χ1v) is 7.49. The zero-order chi connectivity index (χ0) is 16.2. The standard InChI is InChI=1S/C18H19N3O2/c1-12-15-9-14(22-2)10-16(23-3)18(15)21-17(20-12)7-6-13-5-4-8-19-11-13/h4-5,8-11H,6-7H2,1-3H3. The van der Waals surface area contributed by atoms with Crippen LogP contribution in [0.3, 0.4) is 0 Å². The fourth-order valence-electron chi connectivity index (χ4n) is 2.57. The van der Waals surface area contributed by atoms with E-state index >= 15 is 0 Å². The van der Waals surface area contributed by atoms with Gasteiger partial charge in [0.1, 0.15) is 22.8 Å². The second kappa shape index (κ2) is 6.60. The molecule has 0 aliphatic rings. The third kappa shape index (κ3) is 3.23. The minimum Gasteiger partial charge on any atom is -0.497 e. The molecule has 0 saturated carbocycles. The fourth-order valence-corrected chi connectivity index (χ4v) is 2.57. The lowest BCUT2D eigenvalue weighted by Gasteiger charge is -2.11. The molecule has 0 spiro atoms. The van der Waals surface area contributed by atoms with Crippen LogP contribution in [0.1, 0.15) is 17.1 Å². The number of methoxy groups -OCH3 is 2. The first-order chi connectivity index (χ1) is 11.2. The molecule has 0 N–H and O–H groups in total. The Hall–Kier alpha value is -2.69. The van der Waals surface area contributed by atoms with Crippen molar-refractivity contribution < 1.29 is 9.47 Å². The van der Waals surface area contributed by atoms with Crippen LogP contribution in [-0.4, -0.2) is 29.2 Å². The Balaban J connectivity index is 1.96. The molecule has 3 aromatic rings. The monoisotopic (exact) mass is 309 g/mol. The van der Waals surface area contributed by atoms with Gasteiger partial charge in [0.05, 0.1) is 14.2 Å². The number of hydrogen-bond acceptors (Lipinski definition) is 5. The predicted octanol–water partition coefficient (Wildman–Crippen LogP) is 3.14. The molecule has 0 aliphatic carbocycles. The number of fused-ring (bicyclic) bond motifs is 1. The van der Waals surface area contributed by atoms with Crippen LogP contribution in [0.2, 0.25) is 0 Å². The Kier molecular flexibility index (Phi) is 4.37. The molecule has 5 nitrogen and oxygen atoms in total. The highest BCUT2D eigenvalue weighted by atomic mass is 16.5. The van der Waals surface area contributed by atoms with Gasteiger partial charge in [-0.05, 0) is 31.0 Å². The quantitative estimate of drug-likeness (QED) is 0.724. The summed E-state index contributed by atoms with van der Waals surface area (Å²) < 4.78 is 10.8. The van der Waals surface area contributed by atoms with Crippen molar-refractivity contribution in [2.24, 2.45) is 0 Å². The van der Waals surface area contributed by atoms with Crippen LogP contribution in [0.4, 0.5) is 0 Å². The van der Waals surface area contributed by atoms with Gasteiger partial charge in [0.2, 0.25) is 0 Å². The fraction of sp³-hybridized carbons (Fsp3) is 0.278. The smallest absolute Gasteiger partial charge is 0.148 e. The third-order valence-corrected chi connectivity index (χ3v) is 3.79. The van der Waals surface area contributed by atoms with Gasteiger partial charge in [-0.15, -0.1) is 0 Å². The maximum Gasteiger partial charge on any atom is 0.148 e. The molecule has 0 radical (unpaired) electrons. The predicted molar refractivity (Wildman–Crippen MR) is 89.0 cm³/mol. The Morgan fingerprint density at radius 3 is 2.61 bits per heavy atom. The maximum atomic E-state index is 5.46. The van der Waals surface area contributed by atoms with Crippen LogP contribution >= 0.6 is 0 Å². The molecule has 0 fully saturated rings. The molecule has 2 heterocycles. The average molecular weight is 309 g/mol. The van der Waals surface area contributed by atoms with E-state index in [4.69, 9.17) is 9.47 Å². The number of aromatic nitrogens is 3. The van der Waals surface area contributed by atoms with Crippen LogP contribution < -0.4 is 9.47 Å². The van der Waals surface area contributed by atoms with Crippen LogP contribution in [0.5, 0.6) is 11.5 Å². The molecule has 5 heteroatoms. The van der Waals surface area contributed by atoms with Crippen molar-refractivity contribution in [3.8, 4) is 11.5 Å². The van der Waals surface area contributed by atoms with Crippen molar-refractivity contribution in [2.75, 3.05) is 14.2 Å². The largest absolute Gasteiger partial charge is 0.497 e. The minimum absolute atomic E-state index is 0.701. The minimum atomic E-state index is 0.701. The third-order valence-electron chi connectivity index (χ3n) is 3.79. The Morgan fingerprint density at radius 2 is 1.91 bits per heavy atom. The van der Waals surface area contributed by atoms with Crippen molar-refractivity contribution in [2.45, 2.75) is 19.8 Å². The lowest BCUT2D eigenvalue weighted by Crippen LogP contribution is -2.02. The van der Waals surface area contributed by atoms with E-state index in [1.165, 1.54) is 5.56 Å². The van der Waals surface area contributed by atoms with E-state index in [2.05, 4.69) is 21.0 Å². The second-order valence-corrected chi connectivity index (χ2v) is 5.31. The zero-order valence-electron chi connectivity index (χ0n) is 13.5. The highest BCUT2D eigenvalue weighted by molar-refractivity contribution is 5.88. The molecule has 118 valence electrons. The van der Waals surface area contributed by atoms with Crippen molar-refractivity contribution in [1.82, 2.24) is 15.0 Å². The second-order valence-electron chi connectivity index (χ2n) is 5.31. The number of nitrogens with zero attached hydrogens (tertiary/aromatic N) is 3. The number of rotatable bonds is 5. The molecule has 0 amide bonds. The molecule has 1 aromatic carbocycles. The summed E-state index contributed by atoms with van der Waals surface area (Å²) in [4.78, 5) is 13.4. The first kappa shape index (κ1) is 15.2. The number of aryl methyl sites for hydroxylation is 3. The van der Waals surface area contributed by atoms with Gasteiger partial charge in [-0.3, -0.25) is 4.98 Å². The van der Waals surface area contributed by atoms with Crippen molar-refractivity contribution in [1.29, 1.82) is 0 Å². The van der Waals surface area contributed by atoms with E-state index in [1.54, 1.807) is 20.4 Å². The van der Waals surface area contributed by atoms with E-state index < -0.39 is 0 Å². The van der Waals surface area contributed by atoms with Crippen LogP contribution in [0.25, 0.3) is 10.9 Å². The molecule has 3 rings (SSSR count). The van der Waals surface area contributed by atoms with Gasteiger partial charge in [-0.25, -0.2) is 9.97 Å². The van der Waals surface area contributed by atoms with Crippen LogP contribution in [0.15, 0.2) is 36.7 Å².